The molecule has 1 saturated heterocycles. The summed E-state index contributed by atoms with van der Waals surface area (Å²) >= 11 is 0. The van der Waals surface area contributed by atoms with Crippen LogP contribution in [0.15, 0.2) is 30.3 Å². The van der Waals surface area contributed by atoms with Gasteiger partial charge in [0, 0.05) is 12.1 Å². The molecule has 2 unspecified atom stereocenters. The SMILES string of the molecule is CCCNC(c1ccccc1)C(CC)N1CCCCCC1. The third kappa shape index (κ3) is 4.82. The van der Waals surface area contributed by atoms with E-state index in [4.69, 9.17) is 0 Å². The summed E-state index contributed by atoms with van der Waals surface area (Å²) in [5, 5.41) is 3.81. The lowest BCUT2D eigenvalue weighted by molar-refractivity contribution is 0.156. The van der Waals surface area contributed by atoms with Gasteiger partial charge in [0.15, 0.2) is 0 Å². The minimum Gasteiger partial charge on any atom is -0.309 e. The van der Waals surface area contributed by atoms with Gasteiger partial charge in [-0.05, 0) is 50.9 Å². The molecule has 2 nitrogen and oxygen atoms in total. The maximum absolute atomic E-state index is 3.81. The molecule has 0 radical (unpaired) electrons. The van der Waals surface area contributed by atoms with Gasteiger partial charge in [0.1, 0.15) is 0 Å². The first-order chi connectivity index (χ1) is 10.4. The fourth-order valence-corrected chi connectivity index (χ4v) is 3.57. The zero-order chi connectivity index (χ0) is 14.9. The van der Waals surface area contributed by atoms with E-state index in [1.165, 1.54) is 57.2 Å². The van der Waals surface area contributed by atoms with E-state index in [9.17, 15) is 0 Å². The number of hydrogen-bond donors (Lipinski definition) is 1. The zero-order valence-electron chi connectivity index (χ0n) is 13.9. The summed E-state index contributed by atoms with van der Waals surface area (Å²) in [5.41, 5.74) is 1.45. The second-order valence-electron chi connectivity index (χ2n) is 6.27. The van der Waals surface area contributed by atoms with Gasteiger partial charge in [0.05, 0.1) is 0 Å². The predicted octanol–water partition coefficient (Wildman–Crippen LogP) is 4.38. The highest BCUT2D eigenvalue weighted by atomic mass is 15.2. The van der Waals surface area contributed by atoms with Gasteiger partial charge in [0.2, 0.25) is 0 Å². The van der Waals surface area contributed by atoms with Gasteiger partial charge >= 0.3 is 0 Å². The minimum absolute atomic E-state index is 0.467. The molecule has 0 bridgehead atoms. The minimum atomic E-state index is 0.467. The van der Waals surface area contributed by atoms with Crippen LogP contribution in [0, 0.1) is 0 Å². The first-order valence-electron chi connectivity index (χ1n) is 8.89. The molecule has 118 valence electrons. The Morgan fingerprint density at radius 3 is 2.24 bits per heavy atom. The fourth-order valence-electron chi connectivity index (χ4n) is 3.57. The van der Waals surface area contributed by atoms with Crippen molar-refractivity contribution >= 4 is 0 Å². The normalized spacial score (nSPS) is 19.9. The van der Waals surface area contributed by atoms with Crippen molar-refractivity contribution in [3.8, 4) is 0 Å². The van der Waals surface area contributed by atoms with Crippen LogP contribution in [-0.4, -0.2) is 30.6 Å². The third-order valence-corrected chi connectivity index (χ3v) is 4.69. The van der Waals surface area contributed by atoms with Crippen molar-refractivity contribution < 1.29 is 0 Å². The van der Waals surface area contributed by atoms with Crippen molar-refractivity contribution in [2.24, 2.45) is 0 Å². The second kappa shape index (κ2) is 9.22. The van der Waals surface area contributed by atoms with E-state index >= 15 is 0 Å². The van der Waals surface area contributed by atoms with E-state index in [-0.39, 0.29) is 0 Å². The van der Waals surface area contributed by atoms with Gasteiger partial charge in [-0.3, -0.25) is 4.90 Å². The molecule has 2 heteroatoms. The fraction of sp³-hybridized carbons (Fsp3) is 0.684. The molecule has 1 aliphatic heterocycles. The summed E-state index contributed by atoms with van der Waals surface area (Å²) in [6.45, 7) is 8.25. The topological polar surface area (TPSA) is 15.3 Å². The molecule has 0 aliphatic carbocycles. The molecular weight excluding hydrogens is 256 g/mol. The Morgan fingerprint density at radius 1 is 1.00 bits per heavy atom. The Morgan fingerprint density at radius 2 is 1.67 bits per heavy atom. The molecule has 1 N–H and O–H groups in total. The Labute approximate surface area is 130 Å². The van der Waals surface area contributed by atoms with E-state index in [0.29, 0.717) is 12.1 Å². The first kappa shape index (κ1) is 16.5. The lowest BCUT2D eigenvalue weighted by atomic mass is 9.95. The first-order valence-corrected chi connectivity index (χ1v) is 8.89. The van der Waals surface area contributed by atoms with Crippen molar-refractivity contribution in [1.29, 1.82) is 0 Å². The smallest absolute Gasteiger partial charge is 0.0478 e. The van der Waals surface area contributed by atoms with E-state index in [0.717, 1.165) is 6.54 Å². The molecule has 1 aromatic rings. The monoisotopic (exact) mass is 288 g/mol. The highest BCUT2D eigenvalue weighted by Crippen LogP contribution is 2.26. The summed E-state index contributed by atoms with van der Waals surface area (Å²) in [6.07, 6.45) is 7.96. The zero-order valence-corrected chi connectivity index (χ0v) is 13.9. The largest absolute Gasteiger partial charge is 0.309 e. The van der Waals surface area contributed by atoms with Crippen LogP contribution >= 0.6 is 0 Å². The summed E-state index contributed by atoms with van der Waals surface area (Å²) in [5.74, 6) is 0. The highest BCUT2D eigenvalue weighted by molar-refractivity contribution is 5.20. The van der Waals surface area contributed by atoms with E-state index in [2.05, 4.69) is 54.4 Å². The van der Waals surface area contributed by atoms with Crippen LogP contribution in [0.25, 0.3) is 0 Å². The number of rotatable bonds is 7. The van der Waals surface area contributed by atoms with Gasteiger partial charge in [-0.1, -0.05) is 57.0 Å². The van der Waals surface area contributed by atoms with E-state index in [1.54, 1.807) is 0 Å². The quantitative estimate of drug-likeness (QED) is 0.801. The summed E-state index contributed by atoms with van der Waals surface area (Å²) < 4.78 is 0. The lowest BCUT2D eigenvalue weighted by Gasteiger charge is -2.37. The maximum atomic E-state index is 3.81. The Kier molecular flexibility index (Phi) is 7.25. The summed E-state index contributed by atoms with van der Waals surface area (Å²) in [4.78, 5) is 2.74. The Hall–Kier alpha value is -0.860. The number of hydrogen-bond acceptors (Lipinski definition) is 2. The second-order valence-corrected chi connectivity index (χ2v) is 6.27. The Balaban J connectivity index is 2.15. The van der Waals surface area contributed by atoms with Crippen molar-refractivity contribution in [3.63, 3.8) is 0 Å². The Bertz CT molecular complexity index is 368. The van der Waals surface area contributed by atoms with E-state index < -0.39 is 0 Å². The third-order valence-electron chi connectivity index (χ3n) is 4.69. The molecule has 2 rings (SSSR count). The van der Waals surface area contributed by atoms with Crippen LogP contribution in [0.2, 0.25) is 0 Å². The molecule has 0 amide bonds. The maximum Gasteiger partial charge on any atom is 0.0478 e. The number of nitrogens with one attached hydrogen (secondary N) is 1. The van der Waals surface area contributed by atoms with Gasteiger partial charge in [-0.15, -0.1) is 0 Å². The molecule has 1 heterocycles. The molecular formula is C19H32N2. The molecule has 1 aromatic carbocycles. The van der Waals surface area contributed by atoms with Crippen molar-refractivity contribution in [2.45, 2.75) is 64.5 Å². The number of likely N-dealkylation sites (tertiary alicyclic amines) is 1. The molecule has 0 spiro atoms. The molecule has 0 aromatic heterocycles. The standard InChI is InChI=1S/C19H32N2/c1-3-14-20-19(17-12-8-7-9-13-17)18(4-2)21-15-10-5-6-11-16-21/h7-9,12-13,18-20H,3-6,10-11,14-16H2,1-2H3. The van der Waals surface area contributed by atoms with Crippen molar-refractivity contribution in [3.05, 3.63) is 35.9 Å². The average Bonchev–Trinajstić information content (AvgIpc) is 2.81. The summed E-state index contributed by atoms with van der Waals surface area (Å²) in [7, 11) is 0. The molecule has 0 saturated carbocycles. The predicted molar refractivity (Wildman–Crippen MR) is 91.6 cm³/mol. The highest BCUT2D eigenvalue weighted by Gasteiger charge is 2.27. The summed E-state index contributed by atoms with van der Waals surface area (Å²) in [6, 6.07) is 12.1. The van der Waals surface area contributed by atoms with E-state index in [1.807, 2.05) is 0 Å². The van der Waals surface area contributed by atoms with Crippen molar-refractivity contribution in [2.75, 3.05) is 19.6 Å². The molecule has 1 fully saturated rings. The van der Waals surface area contributed by atoms with Crippen LogP contribution < -0.4 is 5.32 Å². The number of nitrogens with zero attached hydrogens (tertiary/aromatic N) is 1. The van der Waals surface area contributed by atoms with Crippen LogP contribution in [0.3, 0.4) is 0 Å². The number of benzene rings is 1. The van der Waals surface area contributed by atoms with Crippen LogP contribution in [0.5, 0.6) is 0 Å². The molecule has 2 atom stereocenters. The van der Waals surface area contributed by atoms with Gasteiger partial charge in [-0.2, -0.15) is 0 Å². The van der Waals surface area contributed by atoms with Crippen LogP contribution in [0.4, 0.5) is 0 Å². The van der Waals surface area contributed by atoms with Crippen LogP contribution in [-0.2, 0) is 0 Å². The van der Waals surface area contributed by atoms with Crippen molar-refractivity contribution in [1.82, 2.24) is 10.2 Å². The lowest BCUT2D eigenvalue weighted by Crippen LogP contribution is -2.45. The molecule has 1 aliphatic rings. The van der Waals surface area contributed by atoms with Gasteiger partial charge in [-0.25, -0.2) is 0 Å². The van der Waals surface area contributed by atoms with Gasteiger partial charge < -0.3 is 5.32 Å². The van der Waals surface area contributed by atoms with Gasteiger partial charge in [0.25, 0.3) is 0 Å². The molecule has 21 heavy (non-hydrogen) atoms. The average molecular weight is 288 g/mol. The van der Waals surface area contributed by atoms with Crippen LogP contribution in [0.1, 0.15) is 64.0 Å².